The van der Waals surface area contributed by atoms with Crippen molar-refractivity contribution in [3.8, 4) is 0 Å². The molecule has 2 amide bonds. The van der Waals surface area contributed by atoms with Gasteiger partial charge in [0, 0.05) is 49.9 Å². The topological polar surface area (TPSA) is 138 Å². The maximum Gasteiger partial charge on any atom is 0.304 e. The lowest BCUT2D eigenvalue weighted by atomic mass is 9.82. The minimum absolute atomic E-state index is 0.00350. The molecular formula is C30H33N5O6. The molecule has 3 heterocycles. The van der Waals surface area contributed by atoms with Gasteiger partial charge in [-0.1, -0.05) is 54.6 Å². The molecule has 1 unspecified atom stereocenters. The maximum absolute atomic E-state index is 13.9. The van der Waals surface area contributed by atoms with Gasteiger partial charge in [-0.05, 0) is 30.2 Å². The quantitative estimate of drug-likeness (QED) is 0.208. The molecule has 0 aliphatic carbocycles. The zero-order chi connectivity index (χ0) is 29.1. The SMILES string of the molecule is CC(=O)OC1CC(=O)N1c1ccc2c(c1)[C@@](O)([C@H](C)/C=C/CCn1cc(CCO)nn1)C(=O)N2Cc1ccccc1. The second kappa shape index (κ2) is 11.6. The molecule has 41 heavy (non-hydrogen) atoms. The minimum Gasteiger partial charge on any atom is -0.441 e. The van der Waals surface area contributed by atoms with Crippen LogP contribution in [-0.4, -0.2) is 55.8 Å². The van der Waals surface area contributed by atoms with E-state index in [1.165, 1.54) is 11.8 Å². The molecular weight excluding hydrogens is 526 g/mol. The van der Waals surface area contributed by atoms with Crippen LogP contribution in [0.2, 0.25) is 0 Å². The van der Waals surface area contributed by atoms with E-state index >= 15 is 0 Å². The standard InChI is InChI=1S/C30H33N5O6/c1-20(8-6-7-14-33-19-23(13-15-36)31-32-33)30(40)25-16-24(35-27(38)17-28(35)41-21(2)37)11-12-26(25)34(29(30)39)18-22-9-4-3-5-10-22/h3-6,8-12,16,19-20,28,36,40H,7,13-15,17-18H2,1-2H3/b8-6+/t20-,28?,30+/m1/s1. The second-order valence-electron chi connectivity index (χ2n) is 10.3. The predicted octanol–water partition coefficient (Wildman–Crippen LogP) is 2.46. The highest BCUT2D eigenvalue weighted by molar-refractivity contribution is 6.08. The van der Waals surface area contributed by atoms with Crippen molar-refractivity contribution in [3.63, 3.8) is 0 Å². The summed E-state index contributed by atoms with van der Waals surface area (Å²) in [5, 5.41) is 29.2. The van der Waals surface area contributed by atoms with Crippen LogP contribution in [0.4, 0.5) is 11.4 Å². The molecule has 3 atom stereocenters. The third-order valence-electron chi connectivity index (χ3n) is 7.49. The zero-order valence-corrected chi connectivity index (χ0v) is 23.0. The first-order valence-corrected chi connectivity index (χ1v) is 13.6. The first-order chi connectivity index (χ1) is 19.7. The van der Waals surface area contributed by atoms with E-state index in [9.17, 15) is 19.5 Å². The number of nitrogens with zero attached hydrogens (tertiary/aromatic N) is 5. The van der Waals surface area contributed by atoms with Gasteiger partial charge in [-0.3, -0.25) is 24.0 Å². The smallest absolute Gasteiger partial charge is 0.304 e. The lowest BCUT2D eigenvalue weighted by Crippen LogP contribution is -2.55. The van der Waals surface area contributed by atoms with E-state index in [2.05, 4.69) is 10.3 Å². The molecule has 11 heteroatoms. The molecule has 5 rings (SSSR count). The van der Waals surface area contributed by atoms with Crippen LogP contribution in [0.5, 0.6) is 0 Å². The molecule has 1 saturated heterocycles. The average Bonchev–Trinajstić information content (AvgIpc) is 3.48. The largest absolute Gasteiger partial charge is 0.441 e. The van der Waals surface area contributed by atoms with E-state index in [4.69, 9.17) is 9.84 Å². The van der Waals surface area contributed by atoms with Crippen molar-refractivity contribution in [2.45, 2.75) is 58.0 Å². The normalized spacial score (nSPS) is 20.8. The van der Waals surface area contributed by atoms with E-state index in [1.807, 2.05) is 42.5 Å². The fraction of sp³-hybridized carbons (Fsp3) is 0.367. The Morgan fingerprint density at radius 2 is 2.00 bits per heavy atom. The molecule has 11 nitrogen and oxygen atoms in total. The number of ether oxygens (including phenoxy) is 1. The van der Waals surface area contributed by atoms with E-state index in [0.29, 0.717) is 42.0 Å². The van der Waals surface area contributed by atoms with Gasteiger partial charge < -0.3 is 19.8 Å². The third kappa shape index (κ3) is 5.50. The highest BCUT2D eigenvalue weighted by Crippen LogP contribution is 2.48. The summed E-state index contributed by atoms with van der Waals surface area (Å²) in [6.07, 6.45) is 5.85. The number of hydrogen-bond donors (Lipinski definition) is 2. The molecule has 2 aliphatic rings. The van der Waals surface area contributed by atoms with Crippen LogP contribution in [0.15, 0.2) is 66.9 Å². The lowest BCUT2D eigenvalue weighted by molar-refractivity contribution is -0.153. The number of hydrogen-bond acceptors (Lipinski definition) is 8. The summed E-state index contributed by atoms with van der Waals surface area (Å²) in [7, 11) is 0. The van der Waals surface area contributed by atoms with Crippen LogP contribution in [0, 0.1) is 5.92 Å². The van der Waals surface area contributed by atoms with Crippen LogP contribution in [0.3, 0.4) is 0 Å². The van der Waals surface area contributed by atoms with Crippen molar-refractivity contribution < 1.29 is 29.3 Å². The van der Waals surface area contributed by atoms with Crippen molar-refractivity contribution in [1.29, 1.82) is 0 Å². The monoisotopic (exact) mass is 559 g/mol. The predicted molar refractivity (Wildman–Crippen MR) is 149 cm³/mol. The summed E-state index contributed by atoms with van der Waals surface area (Å²) in [5.41, 5.74) is 1.12. The maximum atomic E-state index is 13.9. The number of amides is 2. The number of allylic oxidation sites excluding steroid dienone is 1. The summed E-state index contributed by atoms with van der Waals surface area (Å²) in [6.45, 7) is 3.88. The Balaban J connectivity index is 1.42. The fourth-order valence-electron chi connectivity index (χ4n) is 5.31. The lowest BCUT2D eigenvalue weighted by Gasteiger charge is -2.39. The van der Waals surface area contributed by atoms with Crippen LogP contribution in [0.25, 0.3) is 0 Å². The minimum atomic E-state index is -1.89. The van der Waals surface area contributed by atoms with Gasteiger partial charge in [-0.15, -0.1) is 5.10 Å². The molecule has 2 N–H and O–H groups in total. The van der Waals surface area contributed by atoms with E-state index in [0.717, 1.165) is 5.56 Å². The van der Waals surface area contributed by atoms with Gasteiger partial charge in [0.15, 0.2) is 11.8 Å². The van der Waals surface area contributed by atoms with Crippen LogP contribution < -0.4 is 9.80 Å². The van der Waals surface area contributed by atoms with Gasteiger partial charge in [0.25, 0.3) is 5.91 Å². The van der Waals surface area contributed by atoms with E-state index in [1.54, 1.807) is 40.9 Å². The van der Waals surface area contributed by atoms with Gasteiger partial charge in [0.1, 0.15) is 0 Å². The number of rotatable bonds is 11. The summed E-state index contributed by atoms with van der Waals surface area (Å²) < 4.78 is 6.95. The Labute approximate surface area is 237 Å². The zero-order valence-electron chi connectivity index (χ0n) is 23.0. The summed E-state index contributed by atoms with van der Waals surface area (Å²) in [6, 6.07) is 14.6. The number of anilines is 2. The van der Waals surface area contributed by atoms with Crippen molar-refractivity contribution in [3.05, 3.63) is 83.7 Å². The molecule has 214 valence electrons. The van der Waals surface area contributed by atoms with Crippen LogP contribution >= 0.6 is 0 Å². The van der Waals surface area contributed by atoms with Gasteiger partial charge in [0.05, 0.1) is 24.3 Å². The van der Waals surface area contributed by atoms with Gasteiger partial charge >= 0.3 is 5.97 Å². The van der Waals surface area contributed by atoms with Gasteiger partial charge in [0.2, 0.25) is 5.91 Å². The second-order valence-corrected chi connectivity index (χ2v) is 10.3. The summed E-state index contributed by atoms with van der Waals surface area (Å²) in [5.74, 6) is -1.78. The van der Waals surface area contributed by atoms with Crippen molar-refractivity contribution in [2.24, 2.45) is 5.92 Å². The molecule has 1 fully saturated rings. The molecule has 0 bridgehead atoms. The summed E-state index contributed by atoms with van der Waals surface area (Å²) in [4.78, 5) is 40.9. The number of carbonyl (C=O) groups is 3. The number of carbonyl (C=O) groups excluding carboxylic acids is 3. The molecule has 3 aromatic rings. The number of β-lactam (4-membered cyclic amide) rings is 1. The number of benzene rings is 2. The number of aliphatic hydroxyl groups is 2. The Bertz CT molecular complexity index is 1470. The van der Waals surface area contributed by atoms with E-state index in [-0.39, 0.29) is 25.5 Å². The van der Waals surface area contributed by atoms with Crippen LogP contribution in [-0.2, 0) is 44.2 Å². The first-order valence-electron chi connectivity index (χ1n) is 13.6. The molecule has 1 aromatic heterocycles. The molecule has 0 radical (unpaired) electrons. The number of esters is 1. The van der Waals surface area contributed by atoms with Gasteiger partial charge in [-0.25, -0.2) is 0 Å². The molecule has 2 aromatic carbocycles. The number of fused-ring (bicyclic) bond motifs is 1. The summed E-state index contributed by atoms with van der Waals surface area (Å²) >= 11 is 0. The van der Waals surface area contributed by atoms with Crippen molar-refractivity contribution in [1.82, 2.24) is 15.0 Å². The highest BCUT2D eigenvalue weighted by Gasteiger charge is 2.53. The van der Waals surface area contributed by atoms with Crippen LogP contribution in [0.1, 0.15) is 43.5 Å². The Kier molecular flexibility index (Phi) is 8.00. The Hall–Kier alpha value is -4.35. The highest BCUT2D eigenvalue weighted by atomic mass is 16.6. The molecule has 0 saturated carbocycles. The molecule has 2 aliphatic heterocycles. The van der Waals surface area contributed by atoms with Gasteiger partial charge in [-0.2, -0.15) is 0 Å². The molecule has 0 spiro atoms. The first kappa shape index (κ1) is 28.2. The number of aliphatic hydroxyl groups excluding tert-OH is 1. The van der Waals surface area contributed by atoms with E-state index < -0.39 is 29.6 Å². The van der Waals surface area contributed by atoms with Crippen molar-refractivity contribution in [2.75, 3.05) is 16.4 Å². The number of aryl methyl sites for hydroxylation is 1. The Morgan fingerprint density at radius 3 is 2.71 bits per heavy atom. The Morgan fingerprint density at radius 1 is 1.22 bits per heavy atom. The fourth-order valence-corrected chi connectivity index (χ4v) is 5.31. The third-order valence-corrected chi connectivity index (χ3v) is 7.49. The average molecular weight is 560 g/mol. The number of aromatic nitrogens is 3. The van der Waals surface area contributed by atoms with Crippen molar-refractivity contribution >= 4 is 29.2 Å².